The van der Waals surface area contributed by atoms with Crippen LogP contribution in [0.5, 0.6) is 0 Å². The lowest BCUT2D eigenvalue weighted by Gasteiger charge is -2.11. The zero-order chi connectivity index (χ0) is 12.4. The van der Waals surface area contributed by atoms with Gasteiger partial charge in [0, 0.05) is 10.2 Å². The third-order valence-electron chi connectivity index (χ3n) is 2.66. The normalized spacial score (nSPS) is 10.3. The zero-order valence-corrected chi connectivity index (χ0v) is 11.4. The van der Waals surface area contributed by atoms with Gasteiger partial charge in [0.2, 0.25) is 0 Å². The molecular weight excluding hydrogens is 278 g/mol. The SMILES string of the molecule is Cc1nc(Nc2cccc(Br)c2C)ccc1N. The molecule has 0 saturated carbocycles. The van der Waals surface area contributed by atoms with Crippen LogP contribution < -0.4 is 11.1 Å². The summed E-state index contributed by atoms with van der Waals surface area (Å²) < 4.78 is 1.08. The number of halogens is 1. The van der Waals surface area contributed by atoms with E-state index in [9.17, 15) is 0 Å². The number of anilines is 3. The van der Waals surface area contributed by atoms with Gasteiger partial charge >= 0.3 is 0 Å². The molecular formula is C13H14BrN3. The van der Waals surface area contributed by atoms with E-state index < -0.39 is 0 Å². The van der Waals surface area contributed by atoms with Crippen LogP contribution >= 0.6 is 15.9 Å². The molecule has 0 bridgehead atoms. The number of rotatable bonds is 2. The van der Waals surface area contributed by atoms with Gasteiger partial charge in [-0.2, -0.15) is 0 Å². The van der Waals surface area contributed by atoms with E-state index in [4.69, 9.17) is 5.73 Å². The van der Waals surface area contributed by atoms with Gasteiger partial charge in [0.15, 0.2) is 0 Å². The van der Waals surface area contributed by atoms with Crippen molar-refractivity contribution >= 4 is 33.1 Å². The van der Waals surface area contributed by atoms with E-state index in [1.807, 2.05) is 37.3 Å². The first-order chi connectivity index (χ1) is 8.08. The van der Waals surface area contributed by atoms with Crippen molar-refractivity contribution in [2.24, 2.45) is 0 Å². The monoisotopic (exact) mass is 291 g/mol. The molecule has 1 aromatic heterocycles. The number of nitrogens with two attached hydrogens (primary N) is 1. The van der Waals surface area contributed by atoms with Gasteiger partial charge < -0.3 is 11.1 Å². The van der Waals surface area contributed by atoms with Gasteiger partial charge in [-0.05, 0) is 43.7 Å². The van der Waals surface area contributed by atoms with Crippen molar-refractivity contribution in [2.75, 3.05) is 11.1 Å². The quantitative estimate of drug-likeness (QED) is 0.885. The van der Waals surface area contributed by atoms with E-state index >= 15 is 0 Å². The van der Waals surface area contributed by atoms with E-state index in [2.05, 4.69) is 33.2 Å². The molecule has 0 unspecified atom stereocenters. The molecule has 1 aromatic carbocycles. The Morgan fingerprint density at radius 3 is 2.65 bits per heavy atom. The highest BCUT2D eigenvalue weighted by Crippen LogP contribution is 2.26. The van der Waals surface area contributed by atoms with Crippen LogP contribution in [0.3, 0.4) is 0 Å². The Balaban J connectivity index is 2.31. The smallest absolute Gasteiger partial charge is 0.130 e. The first-order valence-corrected chi connectivity index (χ1v) is 6.12. The topological polar surface area (TPSA) is 50.9 Å². The number of nitrogen functional groups attached to an aromatic ring is 1. The standard InChI is InChI=1S/C13H14BrN3/c1-8-10(14)4-3-5-12(8)17-13-7-6-11(15)9(2)16-13/h3-7H,15H2,1-2H3,(H,16,17). The molecule has 0 radical (unpaired) electrons. The van der Waals surface area contributed by atoms with E-state index in [-0.39, 0.29) is 0 Å². The molecule has 0 spiro atoms. The fourth-order valence-electron chi connectivity index (χ4n) is 1.52. The third kappa shape index (κ3) is 2.58. The van der Waals surface area contributed by atoms with Crippen molar-refractivity contribution in [2.45, 2.75) is 13.8 Å². The molecule has 2 aromatic rings. The molecule has 4 heteroatoms. The predicted octanol–water partition coefficient (Wildman–Crippen LogP) is 3.79. The van der Waals surface area contributed by atoms with Gasteiger partial charge in [-0.25, -0.2) is 4.98 Å². The Morgan fingerprint density at radius 2 is 1.94 bits per heavy atom. The zero-order valence-electron chi connectivity index (χ0n) is 9.79. The Bertz CT molecular complexity index is 552. The second-order valence-electron chi connectivity index (χ2n) is 3.91. The maximum Gasteiger partial charge on any atom is 0.130 e. The number of benzene rings is 1. The largest absolute Gasteiger partial charge is 0.397 e. The van der Waals surface area contributed by atoms with Crippen molar-refractivity contribution in [3.63, 3.8) is 0 Å². The highest BCUT2D eigenvalue weighted by molar-refractivity contribution is 9.10. The van der Waals surface area contributed by atoms with Gasteiger partial charge in [-0.1, -0.05) is 22.0 Å². The summed E-state index contributed by atoms with van der Waals surface area (Å²) in [6.45, 7) is 3.95. The lowest BCUT2D eigenvalue weighted by Crippen LogP contribution is -1.99. The van der Waals surface area contributed by atoms with E-state index in [1.165, 1.54) is 0 Å². The summed E-state index contributed by atoms with van der Waals surface area (Å²) >= 11 is 3.51. The number of nitrogens with zero attached hydrogens (tertiary/aromatic N) is 1. The summed E-state index contributed by atoms with van der Waals surface area (Å²) in [4.78, 5) is 4.39. The lowest BCUT2D eigenvalue weighted by molar-refractivity contribution is 1.20. The minimum Gasteiger partial charge on any atom is -0.397 e. The van der Waals surface area contributed by atoms with Crippen molar-refractivity contribution < 1.29 is 0 Å². The van der Waals surface area contributed by atoms with Crippen LogP contribution in [0.15, 0.2) is 34.8 Å². The minimum absolute atomic E-state index is 0.710. The van der Waals surface area contributed by atoms with E-state index in [0.29, 0.717) is 5.69 Å². The molecule has 0 aliphatic carbocycles. The second-order valence-corrected chi connectivity index (χ2v) is 4.76. The van der Waals surface area contributed by atoms with Crippen LogP contribution in [0.1, 0.15) is 11.3 Å². The van der Waals surface area contributed by atoms with Crippen LogP contribution in [-0.4, -0.2) is 4.98 Å². The van der Waals surface area contributed by atoms with Crippen LogP contribution in [0.2, 0.25) is 0 Å². The summed E-state index contributed by atoms with van der Waals surface area (Å²) in [6, 6.07) is 9.76. The molecule has 17 heavy (non-hydrogen) atoms. The van der Waals surface area contributed by atoms with Crippen LogP contribution in [0.4, 0.5) is 17.2 Å². The molecule has 3 N–H and O–H groups in total. The van der Waals surface area contributed by atoms with E-state index in [0.717, 1.165) is 27.2 Å². The van der Waals surface area contributed by atoms with Crippen LogP contribution in [-0.2, 0) is 0 Å². The molecule has 88 valence electrons. The average Bonchev–Trinajstić information content (AvgIpc) is 2.30. The maximum absolute atomic E-state index is 5.74. The fraction of sp³-hybridized carbons (Fsp3) is 0.154. The molecule has 0 amide bonds. The molecule has 0 aliphatic heterocycles. The minimum atomic E-state index is 0.710. The summed E-state index contributed by atoms with van der Waals surface area (Å²) in [6.07, 6.45) is 0. The summed E-state index contributed by atoms with van der Waals surface area (Å²) in [7, 11) is 0. The molecule has 0 saturated heterocycles. The summed E-state index contributed by atoms with van der Waals surface area (Å²) in [5, 5.41) is 3.28. The van der Waals surface area contributed by atoms with Gasteiger partial charge in [0.05, 0.1) is 11.4 Å². The highest BCUT2D eigenvalue weighted by Gasteiger charge is 2.03. The molecule has 1 heterocycles. The maximum atomic E-state index is 5.74. The van der Waals surface area contributed by atoms with Crippen LogP contribution in [0.25, 0.3) is 0 Å². The van der Waals surface area contributed by atoms with Crippen molar-refractivity contribution in [1.82, 2.24) is 4.98 Å². The number of aromatic nitrogens is 1. The van der Waals surface area contributed by atoms with Crippen molar-refractivity contribution in [3.8, 4) is 0 Å². The molecule has 2 rings (SSSR count). The average molecular weight is 292 g/mol. The summed E-state index contributed by atoms with van der Waals surface area (Å²) in [5.41, 5.74) is 9.48. The van der Waals surface area contributed by atoms with Gasteiger partial charge in [-0.15, -0.1) is 0 Å². The Labute approximate surface area is 109 Å². The first kappa shape index (κ1) is 11.9. The Kier molecular flexibility index (Phi) is 3.33. The van der Waals surface area contributed by atoms with E-state index in [1.54, 1.807) is 0 Å². The third-order valence-corrected chi connectivity index (χ3v) is 3.52. The number of aryl methyl sites for hydroxylation is 1. The number of pyridine rings is 1. The highest BCUT2D eigenvalue weighted by atomic mass is 79.9. The molecule has 0 aliphatic rings. The van der Waals surface area contributed by atoms with Crippen molar-refractivity contribution in [3.05, 3.63) is 46.1 Å². The Morgan fingerprint density at radius 1 is 1.18 bits per heavy atom. The summed E-state index contributed by atoms with van der Waals surface area (Å²) in [5.74, 6) is 0.804. The van der Waals surface area contributed by atoms with Gasteiger partial charge in [-0.3, -0.25) is 0 Å². The lowest BCUT2D eigenvalue weighted by atomic mass is 10.2. The fourth-order valence-corrected chi connectivity index (χ4v) is 1.89. The molecule has 0 fully saturated rings. The molecule has 3 nitrogen and oxygen atoms in total. The van der Waals surface area contributed by atoms with Crippen molar-refractivity contribution in [1.29, 1.82) is 0 Å². The second kappa shape index (κ2) is 4.75. The molecule has 0 atom stereocenters. The Hall–Kier alpha value is -1.55. The predicted molar refractivity (Wildman–Crippen MR) is 75.5 cm³/mol. The van der Waals surface area contributed by atoms with Gasteiger partial charge in [0.1, 0.15) is 5.82 Å². The number of hydrogen-bond acceptors (Lipinski definition) is 3. The van der Waals surface area contributed by atoms with Crippen LogP contribution in [0, 0.1) is 13.8 Å². The number of nitrogens with one attached hydrogen (secondary N) is 1. The number of hydrogen-bond donors (Lipinski definition) is 2. The van der Waals surface area contributed by atoms with Gasteiger partial charge in [0.25, 0.3) is 0 Å². The first-order valence-electron chi connectivity index (χ1n) is 5.33.